The lowest BCUT2D eigenvalue weighted by molar-refractivity contribution is -0.113. The number of thioether (sulfide) groups is 1. The number of rotatable bonds is 7. The molecule has 2 heterocycles. The smallest absolute Gasteiger partial charge is 0.251 e. The molecule has 0 unspecified atom stereocenters. The largest absolute Gasteiger partial charge is 0.494 e. The molecule has 1 amide bonds. The third-order valence-corrected chi connectivity index (χ3v) is 5.76. The average molecular weight is 436 g/mol. The van der Waals surface area contributed by atoms with Crippen molar-refractivity contribution in [2.24, 2.45) is 7.05 Å². The molecule has 2 aromatic heterocycles. The first kappa shape index (κ1) is 20.7. The number of carbonyl (C=O) groups excluding carboxylic acids is 1. The molecule has 0 aliphatic rings. The van der Waals surface area contributed by atoms with Crippen LogP contribution in [0.4, 0.5) is 5.88 Å². The van der Waals surface area contributed by atoms with Gasteiger partial charge in [0.25, 0.3) is 5.56 Å². The van der Waals surface area contributed by atoms with E-state index in [4.69, 9.17) is 9.26 Å². The number of anilines is 1. The number of aryl methyl sites for hydroxylation is 1. The Bertz CT molecular complexity index is 1280. The van der Waals surface area contributed by atoms with E-state index in [1.54, 1.807) is 23.7 Å². The van der Waals surface area contributed by atoms with Crippen LogP contribution in [0.2, 0.25) is 0 Å². The number of ether oxygens (including phenoxy) is 1. The Balaban J connectivity index is 1.42. The lowest BCUT2D eigenvalue weighted by Gasteiger charge is -2.09. The number of amides is 1. The number of benzene rings is 2. The normalized spacial score (nSPS) is 10.9. The molecule has 31 heavy (non-hydrogen) atoms. The topological polar surface area (TPSA) is 86.4 Å². The Labute approximate surface area is 183 Å². The van der Waals surface area contributed by atoms with E-state index >= 15 is 0 Å². The van der Waals surface area contributed by atoms with Gasteiger partial charge in [-0.05, 0) is 37.3 Å². The molecule has 158 valence electrons. The zero-order valence-corrected chi connectivity index (χ0v) is 17.9. The summed E-state index contributed by atoms with van der Waals surface area (Å²) in [5, 5.41) is 7.66. The number of hydrogen-bond donors (Lipinski definition) is 1. The summed E-state index contributed by atoms with van der Waals surface area (Å²) in [7, 11) is 1.73. The predicted molar refractivity (Wildman–Crippen MR) is 122 cm³/mol. The van der Waals surface area contributed by atoms with Gasteiger partial charge < -0.3 is 13.8 Å². The highest BCUT2D eigenvalue weighted by Gasteiger charge is 2.12. The number of para-hydroxylation sites is 1. The van der Waals surface area contributed by atoms with Gasteiger partial charge in [-0.3, -0.25) is 14.9 Å². The maximum Gasteiger partial charge on any atom is 0.251 e. The van der Waals surface area contributed by atoms with Gasteiger partial charge in [0.2, 0.25) is 11.8 Å². The van der Waals surface area contributed by atoms with Crippen LogP contribution >= 0.6 is 11.8 Å². The van der Waals surface area contributed by atoms with Gasteiger partial charge in [0.05, 0.1) is 17.9 Å². The second-order valence-electron chi connectivity index (χ2n) is 6.79. The van der Waals surface area contributed by atoms with Crippen LogP contribution in [0.5, 0.6) is 5.75 Å². The fourth-order valence-corrected chi connectivity index (χ4v) is 4.05. The molecular formula is C23H21N3O4S. The quantitative estimate of drug-likeness (QED) is 0.435. The maximum absolute atomic E-state index is 12.4. The highest BCUT2D eigenvalue weighted by molar-refractivity contribution is 8.00. The van der Waals surface area contributed by atoms with Crippen LogP contribution in [-0.2, 0) is 11.8 Å². The summed E-state index contributed by atoms with van der Waals surface area (Å²) in [5.74, 6) is 0.937. The molecule has 0 radical (unpaired) electrons. The summed E-state index contributed by atoms with van der Waals surface area (Å²) in [6.07, 6.45) is 0. The van der Waals surface area contributed by atoms with Crippen LogP contribution in [0.3, 0.4) is 0 Å². The lowest BCUT2D eigenvalue weighted by atomic mass is 10.1. The number of nitrogens with one attached hydrogen (secondary N) is 1. The van der Waals surface area contributed by atoms with Gasteiger partial charge in [-0.15, -0.1) is 11.8 Å². The summed E-state index contributed by atoms with van der Waals surface area (Å²) in [6, 6.07) is 18.3. The van der Waals surface area contributed by atoms with Crippen LogP contribution in [0.15, 0.2) is 74.9 Å². The second kappa shape index (κ2) is 9.09. The summed E-state index contributed by atoms with van der Waals surface area (Å²) in [5.41, 5.74) is 2.18. The fourth-order valence-electron chi connectivity index (χ4n) is 3.17. The van der Waals surface area contributed by atoms with Crippen molar-refractivity contribution in [2.75, 3.05) is 17.7 Å². The maximum atomic E-state index is 12.4. The molecule has 0 aliphatic heterocycles. The van der Waals surface area contributed by atoms with Crippen LogP contribution in [-0.4, -0.2) is 28.0 Å². The van der Waals surface area contributed by atoms with Gasteiger partial charge in [-0.1, -0.05) is 23.4 Å². The van der Waals surface area contributed by atoms with Gasteiger partial charge >= 0.3 is 0 Å². The molecule has 0 fully saturated rings. The van der Waals surface area contributed by atoms with E-state index < -0.39 is 0 Å². The highest BCUT2D eigenvalue weighted by Crippen LogP contribution is 2.27. The van der Waals surface area contributed by atoms with Crippen molar-refractivity contribution in [3.63, 3.8) is 0 Å². The van der Waals surface area contributed by atoms with Crippen LogP contribution in [0, 0.1) is 0 Å². The zero-order valence-electron chi connectivity index (χ0n) is 17.1. The van der Waals surface area contributed by atoms with Gasteiger partial charge in [0, 0.05) is 35.0 Å². The minimum Gasteiger partial charge on any atom is -0.494 e. The van der Waals surface area contributed by atoms with Crippen molar-refractivity contribution >= 4 is 34.5 Å². The predicted octanol–water partition coefficient (Wildman–Crippen LogP) is 4.32. The molecule has 0 saturated heterocycles. The summed E-state index contributed by atoms with van der Waals surface area (Å²) in [4.78, 5) is 25.4. The van der Waals surface area contributed by atoms with Crippen molar-refractivity contribution < 1.29 is 14.1 Å². The summed E-state index contributed by atoms with van der Waals surface area (Å²) in [6.45, 7) is 2.53. The number of hydrogen-bond acceptors (Lipinski definition) is 6. The van der Waals surface area contributed by atoms with Crippen molar-refractivity contribution in [1.82, 2.24) is 9.72 Å². The van der Waals surface area contributed by atoms with Gasteiger partial charge in [0.15, 0.2) is 0 Å². The molecule has 0 bridgehead atoms. The van der Waals surface area contributed by atoms with Crippen molar-refractivity contribution in [1.29, 1.82) is 0 Å². The molecule has 0 aliphatic carbocycles. The molecule has 0 saturated carbocycles. The number of aromatic nitrogens is 2. The molecule has 8 heteroatoms. The minimum atomic E-state index is -0.246. The first-order valence-electron chi connectivity index (χ1n) is 9.76. The molecule has 7 nitrogen and oxygen atoms in total. The number of pyridine rings is 1. The summed E-state index contributed by atoms with van der Waals surface area (Å²) >= 11 is 1.31. The Morgan fingerprint density at radius 3 is 2.71 bits per heavy atom. The molecule has 0 atom stereocenters. The van der Waals surface area contributed by atoms with Crippen molar-refractivity contribution in [3.8, 4) is 17.0 Å². The number of nitrogens with zero attached hydrogens (tertiary/aromatic N) is 2. The Morgan fingerprint density at radius 2 is 1.94 bits per heavy atom. The van der Waals surface area contributed by atoms with E-state index in [0.29, 0.717) is 12.3 Å². The van der Waals surface area contributed by atoms with Crippen LogP contribution in [0.1, 0.15) is 6.92 Å². The Hall–Kier alpha value is -3.52. The standard InChI is InChI=1S/C23H21N3O4S/c1-3-29-16-10-8-15(9-11-16)18-12-22(30-25-18)24-21(27)14-31-20-13-23(28)26(2)19-7-5-4-6-17(19)20/h4-13H,3,14H2,1-2H3,(H,24,27). The molecule has 2 aromatic carbocycles. The van der Waals surface area contributed by atoms with Crippen molar-refractivity contribution in [2.45, 2.75) is 11.8 Å². The van der Waals surface area contributed by atoms with Gasteiger partial charge in [-0.25, -0.2) is 0 Å². The molecular weight excluding hydrogens is 414 g/mol. The number of fused-ring (bicyclic) bond motifs is 1. The molecule has 1 N–H and O–H groups in total. The third kappa shape index (κ3) is 4.64. The van der Waals surface area contributed by atoms with E-state index in [-0.39, 0.29) is 23.1 Å². The Morgan fingerprint density at radius 1 is 1.16 bits per heavy atom. The van der Waals surface area contributed by atoms with E-state index in [2.05, 4.69) is 10.5 Å². The zero-order chi connectivity index (χ0) is 21.8. The highest BCUT2D eigenvalue weighted by atomic mass is 32.2. The Kier molecular flexibility index (Phi) is 6.08. The minimum absolute atomic E-state index is 0.114. The first-order chi connectivity index (χ1) is 15.0. The molecule has 4 aromatic rings. The third-order valence-electron chi connectivity index (χ3n) is 4.71. The number of carbonyl (C=O) groups is 1. The van der Waals surface area contributed by atoms with E-state index in [0.717, 1.165) is 27.1 Å². The fraction of sp³-hybridized carbons (Fsp3) is 0.174. The van der Waals surface area contributed by atoms with Crippen molar-refractivity contribution in [3.05, 3.63) is 71.0 Å². The van der Waals surface area contributed by atoms with Crippen LogP contribution in [0.25, 0.3) is 22.2 Å². The monoisotopic (exact) mass is 435 g/mol. The van der Waals surface area contributed by atoms with E-state index in [1.807, 2.05) is 55.5 Å². The molecule has 0 spiro atoms. The molecule has 4 rings (SSSR count). The first-order valence-corrected chi connectivity index (χ1v) is 10.7. The SMILES string of the molecule is CCOc1ccc(-c2cc(NC(=O)CSc3cc(=O)n(C)c4ccccc34)on2)cc1. The van der Waals surface area contributed by atoms with E-state index in [1.165, 1.54) is 11.8 Å². The summed E-state index contributed by atoms with van der Waals surface area (Å²) < 4.78 is 12.3. The second-order valence-corrected chi connectivity index (χ2v) is 7.81. The van der Waals surface area contributed by atoms with Gasteiger partial charge in [-0.2, -0.15) is 0 Å². The average Bonchev–Trinajstić information content (AvgIpc) is 3.24. The lowest BCUT2D eigenvalue weighted by Crippen LogP contribution is -2.17. The van der Waals surface area contributed by atoms with Gasteiger partial charge in [0.1, 0.15) is 11.4 Å². The van der Waals surface area contributed by atoms with Crippen LogP contribution < -0.4 is 15.6 Å². The van der Waals surface area contributed by atoms with E-state index in [9.17, 15) is 9.59 Å².